The molecule has 0 saturated carbocycles. The van der Waals surface area contributed by atoms with Crippen LogP contribution in [-0.4, -0.2) is 37.9 Å². The Balaban J connectivity index is 4.09. The molecule has 1 atom stereocenters. The van der Waals surface area contributed by atoms with Crippen molar-refractivity contribution in [3.63, 3.8) is 0 Å². The summed E-state index contributed by atoms with van der Waals surface area (Å²) in [5, 5.41) is 0. The molecule has 56 heavy (non-hydrogen) atoms. The van der Waals surface area contributed by atoms with Crippen molar-refractivity contribution in [1.82, 2.24) is 0 Å². The van der Waals surface area contributed by atoms with Gasteiger partial charge in [-0.3, -0.25) is 9.59 Å². The fraction of sp³-hybridized carbons (Fsp3) is 0.765. The van der Waals surface area contributed by atoms with Gasteiger partial charge in [0.15, 0.2) is 6.10 Å². The molecule has 0 fully saturated rings. The molecule has 0 aromatic heterocycles. The largest absolute Gasteiger partial charge is 0.462 e. The minimum Gasteiger partial charge on any atom is -0.462 e. The molecule has 0 aromatic carbocycles. The average Bonchev–Trinajstić information content (AvgIpc) is 3.20. The van der Waals surface area contributed by atoms with Gasteiger partial charge in [0, 0.05) is 19.4 Å². The lowest BCUT2D eigenvalue weighted by Crippen LogP contribution is -2.30. The summed E-state index contributed by atoms with van der Waals surface area (Å²) in [6, 6.07) is 0. The fourth-order valence-electron chi connectivity index (χ4n) is 6.54. The molecule has 5 nitrogen and oxygen atoms in total. The molecule has 0 amide bonds. The van der Waals surface area contributed by atoms with E-state index in [1.807, 2.05) is 0 Å². The standard InChI is InChI=1S/C51H90O5/c1-4-7-10-13-15-17-19-21-23-24-25-26-27-29-31-33-35-37-40-43-46-54-47-49(56-51(53)45-42-38-12-9-6-3)48-55-50(52)44-41-39-36-34-32-30-28-22-20-18-16-14-11-8-5-2/h7,10,15,17,21,23,25-26,29,31,49H,4-6,8-9,11-14,16,18-20,22,24,27-28,30,32-48H2,1-3H3/b10-7-,17-15-,23-21-,26-25-,31-29-. The number of carbonyl (C=O) groups excluding carboxylic acids is 2. The summed E-state index contributed by atoms with van der Waals surface area (Å²) < 4.78 is 17.2. The Morgan fingerprint density at radius 2 is 0.804 bits per heavy atom. The van der Waals surface area contributed by atoms with Gasteiger partial charge in [0.05, 0.1) is 6.61 Å². The number of hydrogen-bond donors (Lipinski definition) is 0. The van der Waals surface area contributed by atoms with Gasteiger partial charge in [-0.05, 0) is 64.2 Å². The Morgan fingerprint density at radius 3 is 1.29 bits per heavy atom. The van der Waals surface area contributed by atoms with Crippen molar-refractivity contribution >= 4 is 11.9 Å². The molecule has 0 bridgehead atoms. The van der Waals surface area contributed by atoms with Crippen molar-refractivity contribution in [2.75, 3.05) is 19.8 Å². The predicted octanol–water partition coefficient (Wildman–Crippen LogP) is 15.8. The molecule has 0 aliphatic rings. The fourth-order valence-corrected chi connectivity index (χ4v) is 6.54. The summed E-state index contributed by atoms with van der Waals surface area (Å²) in [6.07, 6.45) is 58.2. The summed E-state index contributed by atoms with van der Waals surface area (Å²) in [7, 11) is 0. The van der Waals surface area contributed by atoms with Crippen molar-refractivity contribution in [3.8, 4) is 0 Å². The van der Waals surface area contributed by atoms with Crippen LogP contribution in [0.5, 0.6) is 0 Å². The molecule has 0 saturated heterocycles. The lowest BCUT2D eigenvalue weighted by molar-refractivity contribution is -0.163. The summed E-state index contributed by atoms with van der Waals surface area (Å²) in [4.78, 5) is 25.0. The van der Waals surface area contributed by atoms with Gasteiger partial charge < -0.3 is 14.2 Å². The normalized spacial score (nSPS) is 12.7. The van der Waals surface area contributed by atoms with Crippen molar-refractivity contribution in [3.05, 3.63) is 60.8 Å². The molecule has 0 aliphatic carbocycles. The maximum atomic E-state index is 12.5. The van der Waals surface area contributed by atoms with E-state index in [0.29, 0.717) is 19.4 Å². The SMILES string of the molecule is CC/C=C\C/C=C\C/C=C\C/C=C\C/C=C\CCCCCCOCC(COC(=O)CCCCCCCCCCCCCCCCC)OC(=O)CCCCCCC. The molecular formula is C51H90O5. The van der Waals surface area contributed by atoms with Gasteiger partial charge in [-0.2, -0.15) is 0 Å². The van der Waals surface area contributed by atoms with Crippen LogP contribution in [0.2, 0.25) is 0 Å². The van der Waals surface area contributed by atoms with E-state index in [2.05, 4.69) is 81.5 Å². The Morgan fingerprint density at radius 1 is 0.411 bits per heavy atom. The summed E-state index contributed by atoms with van der Waals surface area (Å²) in [5.41, 5.74) is 0. The zero-order chi connectivity index (χ0) is 40.7. The molecule has 5 heteroatoms. The van der Waals surface area contributed by atoms with Crippen LogP contribution in [0, 0.1) is 0 Å². The lowest BCUT2D eigenvalue weighted by Gasteiger charge is -2.18. The third-order valence-electron chi connectivity index (χ3n) is 10.1. The molecule has 0 N–H and O–H groups in total. The average molecular weight is 783 g/mol. The smallest absolute Gasteiger partial charge is 0.306 e. The summed E-state index contributed by atoms with van der Waals surface area (Å²) in [6.45, 7) is 7.60. The van der Waals surface area contributed by atoms with Crippen LogP contribution in [0.4, 0.5) is 0 Å². The van der Waals surface area contributed by atoms with Crippen LogP contribution in [0.25, 0.3) is 0 Å². The summed E-state index contributed by atoms with van der Waals surface area (Å²) in [5.74, 6) is -0.420. The molecule has 324 valence electrons. The van der Waals surface area contributed by atoms with E-state index in [4.69, 9.17) is 14.2 Å². The molecule has 1 unspecified atom stereocenters. The Kier molecular flexibility index (Phi) is 45.0. The van der Waals surface area contributed by atoms with Gasteiger partial charge >= 0.3 is 11.9 Å². The van der Waals surface area contributed by atoms with Crippen LogP contribution in [-0.2, 0) is 23.8 Å². The number of carbonyl (C=O) groups is 2. The molecule has 0 rings (SSSR count). The van der Waals surface area contributed by atoms with Crippen LogP contribution in [0.1, 0.15) is 226 Å². The number of hydrogen-bond acceptors (Lipinski definition) is 5. The molecular weight excluding hydrogens is 693 g/mol. The highest BCUT2D eigenvalue weighted by molar-refractivity contribution is 5.70. The highest BCUT2D eigenvalue weighted by Gasteiger charge is 2.17. The van der Waals surface area contributed by atoms with Gasteiger partial charge in [-0.15, -0.1) is 0 Å². The number of ether oxygens (including phenoxy) is 3. The zero-order valence-electron chi connectivity index (χ0n) is 37.1. The van der Waals surface area contributed by atoms with E-state index in [-0.39, 0.29) is 25.2 Å². The maximum Gasteiger partial charge on any atom is 0.306 e. The van der Waals surface area contributed by atoms with E-state index in [1.54, 1.807) is 0 Å². The monoisotopic (exact) mass is 783 g/mol. The Bertz CT molecular complexity index is 977. The second-order valence-corrected chi connectivity index (χ2v) is 15.6. The molecule has 0 aromatic rings. The highest BCUT2D eigenvalue weighted by atomic mass is 16.6. The van der Waals surface area contributed by atoms with Gasteiger partial charge in [0.25, 0.3) is 0 Å². The van der Waals surface area contributed by atoms with Crippen LogP contribution >= 0.6 is 0 Å². The minimum atomic E-state index is -0.543. The number of allylic oxidation sites excluding steroid dienone is 10. The minimum absolute atomic E-state index is 0.0758. The first kappa shape index (κ1) is 53.6. The topological polar surface area (TPSA) is 61.8 Å². The summed E-state index contributed by atoms with van der Waals surface area (Å²) >= 11 is 0. The quantitative estimate of drug-likeness (QED) is 0.0350. The maximum absolute atomic E-state index is 12.5. The third kappa shape index (κ3) is 44.3. The highest BCUT2D eigenvalue weighted by Crippen LogP contribution is 2.14. The van der Waals surface area contributed by atoms with Crippen molar-refractivity contribution in [1.29, 1.82) is 0 Å². The van der Waals surface area contributed by atoms with Gasteiger partial charge in [-0.25, -0.2) is 0 Å². The number of esters is 2. The number of rotatable bonds is 43. The number of unbranched alkanes of at least 4 members (excludes halogenated alkanes) is 22. The molecule has 0 radical (unpaired) electrons. The van der Waals surface area contributed by atoms with Crippen LogP contribution < -0.4 is 0 Å². The van der Waals surface area contributed by atoms with Crippen molar-refractivity contribution < 1.29 is 23.8 Å². The Hall–Kier alpha value is -2.40. The van der Waals surface area contributed by atoms with E-state index in [0.717, 1.165) is 83.5 Å². The first-order valence-corrected chi connectivity index (χ1v) is 23.8. The van der Waals surface area contributed by atoms with E-state index in [1.165, 1.54) is 109 Å². The van der Waals surface area contributed by atoms with Crippen molar-refractivity contribution in [2.45, 2.75) is 232 Å². The predicted molar refractivity (Wildman–Crippen MR) is 242 cm³/mol. The molecule has 0 heterocycles. The van der Waals surface area contributed by atoms with E-state index < -0.39 is 6.10 Å². The van der Waals surface area contributed by atoms with E-state index >= 15 is 0 Å². The Labute approximate surface area is 347 Å². The van der Waals surface area contributed by atoms with Gasteiger partial charge in [0.1, 0.15) is 6.61 Å². The van der Waals surface area contributed by atoms with Gasteiger partial charge in [-0.1, -0.05) is 210 Å². The second-order valence-electron chi connectivity index (χ2n) is 15.6. The third-order valence-corrected chi connectivity index (χ3v) is 10.1. The van der Waals surface area contributed by atoms with E-state index in [9.17, 15) is 9.59 Å². The molecule has 0 spiro atoms. The van der Waals surface area contributed by atoms with Crippen LogP contribution in [0.15, 0.2) is 60.8 Å². The molecule has 0 aliphatic heterocycles. The van der Waals surface area contributed by atoms with Crippen molar-refractivity contribution in [2.24, 2.45) is 0 Å². The van der Waals surface area contributed by atoms with Crippen LogP contribution in [0.3, 0.4) is 0 Å². The first-order valence-electron chi connectivity index (χ1n) is 23.8. The lowest BCUT2D eigenvalue weighted by atomic mass is 10.0. The van der Waals surface area contributed by atoms with Gasteiger partial charge in [0.2, 0.25) is 0 Å². The zero-order valence-corrected chi connectivity index (χ0v) is 37.1. The first-order chi connectivity index (χ1) is 27.6. The second kappa shape index (κ2) is 47.0.